The minimum atomic E-state index is -0.648. The molecule has 0 bridgehead atoms. The lowest BCUT2D eigenvalue weighted by atomic mass is 10.4. The molecule has 0 aliphatic rings. The van der Waals surface area contributed by atoms with Gasteiger partial charge in [0.2, 0.25) is 11.8 Å². The van der Waals surface area contributed by atoms with Crippen LogP contribution in [0.2, 0.25) is 0 Å². The molecule has 2 rings (SSSR count). The molecule has 0 unspecified atom stereocenters. The second-order valence-corrected chi connectivity index (χ2v) is 4.98. The van der Waals surface area contributed by atoms with Gasteiger partial charge >= 0.3 is 11.6 Å². The van der Waals surface area contributed by atoms with Gasteiger partial charge in [-0.3, -0.25) is 20.4 Å². The summed E-state index contributed by atoms with van der Waals surface area (Å²) in [6.07, 6.45) is 2.63. The lowest BCUT2D eigenvalue weighted by molar-refractivity contribution is -0.390. The van der Waals surface area contributed by atoms with Gasteiger partial charge in [0.05, 0.1) is 47.8 Å². The predicted molar refractivity (Wildman–Crippen MR) is 83.3 cm³/mol. The first-order valence-electron chi connectivity index (χ1n) is 7.28. The number of aromatic nitrogens is 4. The van der Waals surface area contributed by atoms with Gasteiger partial charge in [-0.15, -0.1) is 0 Å². The summed E-state index contributed by atoms with van der Waals surface area (Å²) >= 11 is 0. The third-order valence-electron chi connectivity index (χ3n) is 3.10. The Morgan fingerprint density at radius 3 is 1.58 bits per heavy atom. The molecule has 14 heteroatoms. The molecular weight excluding hydrogens is 352 g/mol. The van der Waals surface area contributed by atoms with Crippen molar-refractivity contribution in [1.82, 2.24) is 30.4 Å². The smallest absolute Gasteiger partial charge is 0.358 e. The van der Waals surface area contributed by atoms with E-state index >= 15 is 0 Å². The van der Waals surface area contributed by atoms with Crippen LogP contribution in [0.25, 0.3) is 0 Å². The third-order valence-corrected chi connectivity index (χ3v) is 3.10. The first kappa shape index (κ1) is 18.5. The molecule has 14 nitrogen and oxygen atoms in total. The van der Waals surface area contributed by atoms with Crippen molar-refractivity contribution in [3.8, 4) is 0 Å². The van der Waals surface area contributed by atoms with Crippen molar-refractivity contribution in [2.24, 2.45) is 0 Å². The molecule has 0 fully saturated rings. The first-order chi connectivity index (χ1) is 12.3. The van der Waals surface area contributed by atoms with Crippen molar-refractivity contribution in [2.75, 3.05) is 0 Å². The highest BCUT2D eigenvalue weighted by Gasteiger charge is 2.13. The van der Waals surface area contributed by atoms with Gasteiger partial charge in [0, 0.05) is 12.8 Å². The normalized spacial score (nSPS) is 10.3. The van der Waals surface area contributed by atoms with Crippen LogP contribution in [0, 0.1) is 20.2 Å². The van der Waals surface area contributed by atoms with Gasteiger partial charge in [-0.05, 0) is 9.85 Å². The molecule has 2 N–H and O–H groups in total. The van der Waals surface area contributed by atoms with Crippen molar-refractivity contribution < 1.29 is 19.4 Å². The van der Waals surface area contributed by atoms with Crippen LogP contribution in [-0.4, -0.2) is 41.2 Å². The molecular formula is C12H14N8O6. The summed E-state index contributed by atoms with van der Waals surface area (Å²) in [7, 11) is 0. The van der Waals surface area contributed by atoms with Crippen LogP contribution in [-0.2, 0) is 22.7 Å². The number of aryl methyl sites for hydroxylation is 2. The van der Waals surface area contributed by atoms with Crippen LogP contribution < -0.4 is 10.9 Å². The van der Waals surface area contributed by atoms with Crippen LogP contribution in [0.3, 0.4) is 0 Å². The maximum Gasteiger partial charge on any atom is 0.389 e. The van der Waals surface area contributed by atoms with Crippen LogP contribution in [0.15, 0.2) is 24.5 Å². The number of hydrazine groups is 1. The molecule has 0 saturated heterocycles. The average molecular weight is 366 g/mol. The van der Waals surface area contributed by atoms with Crippen molar-refractivity contribution in [3.63, 3.8) is 0 Å². The van der Waals surface area contributed by atoms with Gasteiger partial charge in [-0.2, -0.15) is 9.36 Å². The van der Waals surface area contributed by atoms with E-state index in [2.05, 4.69) is 21.0 Å². The fourth-order valence-electron chi connectivity index (χ4n) is 1.84. The molecule has 0 aliphatic heterocycles. The number of rotatable bonds is 8. The highest BCUT2D eigenvalue weighted by molar-refractivity contribution is 5.81. The summed E-state index contributed by atoms with van der Waals surface area (Å²) in [5, 5.41) is 28.3. The lowest BCUT2D eigenvalue weighted by Gasteiger charge is -2.06. The Balaban J connectivity index is 1.66. The first-order valence-corrected chi connectivity index (χ1v) is 7.28. The number of nitrogens with zero attached hydrogens (tertiary/aromatic N) is 6. The average Bonchev–Trinajstić information content (AvgIpc) is 3.25. The van der Waals surface area contributed by atoms with Crippen molar-refractivity contribution >= 4 is 23.5 Å². The van der Waals surface area contributed by atoms with Crippen molar-refractivity contribution in [3.05, 3.63) is 44.8 Å². The molecule has 0 radical (unpaired) electrons. The zero-order chi connectivity index (χ0) is 19.1. The Kier molecular flexibility index (Phi) is 5.92. The molecule has 0 aromatic carbocycles. The summed E-state index contributed by atoms with van der Waals surface area (Å²) in [6.45, 7) is 0.207. The third kappa shape index (κ3) is 5.36. The molecule has 0 atom stereocenters. The summed E-state index contributed by atoms with van der Waals surface area (Å²) in [5.41, 5.74) is 4.38. The Morgan fingerprint density at radius 2 is 1.27 bits per heavy atom. The highest BCUT2D eigenvalue weighted by atomic mass is 16.6. The number of nitrogens with one attached hydrogen (secondary N) is 2. The van der Waals surface area contributed by atoms with E-state index in [1.54, 1.807) is 0 Å². The fraction of sp³-hybridized carbons (Fsp3) is 0.333. The maximum atomic E-state index is 11.6. The van der Waals surface area contributed by atoms with E-state index in [1.165, 1.54) is 33.9 Å². The number of hydrogen-bond donors (Lipinski definition) is 2. The summed E-state index contributed by atoms with van der Waals surface area (Å²) in [6, 6.07) is 2.42. The minimum Gasteiger partial charge on any atom is -0.358 e. The number of carbonyl (C=O) groups excluding carboxylic acids is 2. The van der Waals surface area contributed by atoms with Crippen LogP contribution in [0.1, 0.15) is 12.8 Å². The molecule has 138 valence electrons. The van der Waals surface area contributed by atoms with Gasteiger partial charge in [-0.1, -0.05) is 0 Å². The van der Waals surface area contributed by atoms with E-state index in [4.69, 9.17) is 0 Å². The van der Waals surface area contributed by atoms with E-state index in [9.17, 15) is 29.8 Å². The van der Waals surface area contributed by atoms with Crippen LogP contribution in [0.4, 0.5) is 11.6 Å². The topological polar surface area (TPSA) is 180 Å². The molecule has 2 amide bonds. The standard InChI is InChI=1S/C12H14N8O6/c21-11(3-7-17-5-1-9(15-17)19(23)24)13-14-12(22)4-8-18-6-2-10(16-18)20(25)26/h1-2,5-6H,3-4,7-8H2,(H,13,21)(H,14,22). The van der Waals surface area contributed by atoms with E-state index in [-0.39, 0.29) is 37.6 Å². The number of nitro groups is 2. The highest BCUT2D eigenvalue weighted by Crippen LogP contribution is 2.06. The molecule has 0 aliphatic carbocycles. The van der Waals surface area contributed by atoms with Gasteiger partial charge in [-0.25, -0.2) is 0 Å². The van der Waals surface area contributed by atoms with Gasteiger partial charge in [0.15, 0.2) is 0 Å². The molecule has 0 saturated carbocycles. The predicted octanol–water partition coefficient (Wildman–Crippen LogP) is -0.476. The zero-order valence-corrected chi connectivity index (χ0v) is 13.3. The van der Waals surface area contributed by atoms with E-state index in [0.29, 0.717) is 0 Å². The summed E-state index contributed by atoms with van der Waals surface area (Å²) in [4.78, 5) is 42.9. The second kappa shape index (κ2) is 8.32. The molecule has 2 heterocycles. The molecule has 2 aromatic rings. The Hall–Kier alpha value is -3.84. The summed E-state index contributed by atoms with van der Waals surface area (Å²) < 4.78 is 2.48. The fourth-order valence-corrected chi connectivity index (χ4v) is 1.84. The lowest BCUT2D eigenvalue weighted by Crippen LogP contribution is -2.42. The van der Waals surface area contributed by atoms with Crippen molar-refractivity contribution in [1.29, 1.82) is 0 Å². The number of amides is 2. The Labute approximate surface area is 145 Å². The Morgan fingerprint density at radius 1 is 0.885 bits per heavy atom. The van der Waals surface area contributed by atoms with Gasteiger partial charge in [0.1, 0.15) is 0 Å². The van der Waals surface area contributed by atoms with E-state index in [0.717, 1.165) is 0 Å². The van der Waals surface area contributed by atoms with Gasteiger partial charge < -0.3 is 20.2 Å². The number of carbonyl (C=O) groups is 2. The van der Waals surface area contributed by atoms with E-state index in [1.807, 2.05) is 0 Å². The van der Waals surface area contributed by atoms with E-state index < -0.39 is 21.7 Å². The molecule has 26 heavy (non-hydrogen) atoms. The molecule has 0 spiro atoms. The zero-order valence-electron chi connectivity index (χ0n) is 13.3. The summed E-state index contributed by atoms with van der Waals surface area (Å²) in [5.74, 6) is -1.66. The van der Waals surface area contributed by atoms with Crippen LogP contribution >= 0.6 is 0 Å². The maximum absolute atomic E-state index is 11.6. The molecule has 2 aromatic heterocycles. The quantitative estimate of drug-likeness (QED) is 0.464. The largest absolute Gasteiger partial charge is 0.389 e. The van der Waals surface area contributed by atoms with Crippen molar-refractivity contribution in [2.45, 2.75) is 25.9 Å². The second-order valence-electron chi connectivity index (χ2n) is 4.98. The van der Waals surface area contributed by atoms with Crippen LogP contribution in [0.5, 0.6) is 0 Å². The SMILES string of the molecule is O=C(CCn1ccc([N+](=O)[O-])n1)NNC(=O)CCn1ccc([N+](=O)[O-])n1. The van der Waals surface area contributed by atoms with Gasteiger partial charge in [0.25, 0.3) is 0 Å². The minimum absolute atomic E-state index is 0.0511. The number of hydrogen-bond acceptors (Lipinski definition) is 8. The monoisotopic (exact) mass is 366 g/mol. The Bertz CT molecular complexity index is 759.